The molecule has 8 amide bonds. The van der Waals surface area contributed by atoms with Crippen LogP contribution in [-0.4, -0.2) is 89.8 Å². The van der Waals surface area contributed by atoms with Gasteiger partial charge in [0.15, 0.2) is 0 Å². The van der Waals surface area contributed by atoms with E-state index >= 15 is 19.2 Å². The highest BCUT2D eigenvalue weighted by atomic mass is 16.2. The lowest BCUT2D eigenvalue weighted by Gasteiger charge is -2.25. The van der Waals surface area contributed by atoms with E-state index in [0.717, 1.165) is 22.3 Å². The van der Waals surface area contributed by atoms with Gasteiger partial charge in [0.1, 0.15) is 0 Å². The molecule has 0 atom stereocenters. The van der Waals surface area contributed by atoms with Crippen LogP contribution >= 0.6 is 0 Å². The molecule has 0 unspecified atom stereocenters. The third kappa shape index (κ3) is 12.4. The van der Waals surface area contributed by atoms with Gasteiger partial charge >= 0.3 is 24.1 Å². The first-order valence-electron chi connectivity index (χ1n) is 32.0. The quantitative estimate of drug-likeness (QED) is 0.0879. The van der Waals surface area contributed by atoms with E-state index in [9.17, 15) is 0 Å². The van der Waals surface area contributed by atoms with Crippen LogP contribution in [0.4, 0.5) is 41.9 Å². The summed E-state index contributed by atoms with van der Waals surface area (Å²) in [6, 6.07) is 54.5. The Bertz CT molecular complexity index is 4020. The number of fused-ring (bicyclic) bond motifs is 12. The van der Waals surface area contributed by atoms with Gasteiger partial charge in [0, 0.05) is 119 Å². The highest BCUT2D eigenvalue weighted by molar-refractivity contribution is 6.07. The minimum Gasteiger partial charge on any atom is -0.354 e. The number of rotatable bonds is 8. The number of nitrogens with zero attached hydrogens (tertiary/aromatic N) is 6. The van der Waals surface area contributed by atoms with Gasteiger partial charge in [-0.1, -0.05) is 149 Å². The van der Waals surface area contributed by atoms with Gasteiger partial charge in [-0.3, -0.25) is 0 Å². The average molecular weight is 1220 g/mol. The minimum absolute atomic E-state index is 0.281. The van der Waals surface area contributed by atoms with E-state index in [4.69, 9.17) is 9.97 Å². The van der Waals surface area contributed by atoms with Crippen molar-refractivity contribution < 1.29 is 19.2 Å². The van der Waals surface area contributed by atoms with Gasteiger partial charge in [0.05, 0.1) is 45.5 Å². The van der Waals surface area contributed by atoms with Crippen LogP contribution in [0.2, 0.25) is 0 Å². The predicted molar refractivity (Wildman–Crippen MR) is 372 cm³/mol. The molecule has 0 aliphatic carbocycles. The largest absolute Gasteiger partial charge is 0.354 e. The number of urea groups is 4. The second kappa shape index (κ2) is 26.6. The molecule has 9 aromatic rings. The van der Waals surface area contributed by atoms with E-state index in [0.29, 0.717) is 190 Å². The van der Waals surface area contributed by atoms with Crippen LogP contribution in [0.5, 0.6) is 0 Å². The first-order chi connectivity index (χ1) is 45.0. The summed E-state index contributed by atoms with van der Waals surface area (Å²) in [5.74, 6) is 0. The molecule has 16 bridgehead atoms. The molecule has 0 radical (unpaired) electrons. The van der Waals surface area contributed by atoms with Gasteiger partial charge < -0.3 is 50.8 Å². The smallest absolute Gasteiger partial charge is 0.322 e. The molecule has 0 fully saturated rings. The number of H-pyrrole nitrogens is 2. The number of amides is 8. The Kier molecular flexibility index (Phi) is 17.3. The fourth-order valence-corrected chi connectivity index (χ4v) is 13.0. The molecule has 15 rings (SSSR count). The molecular formula is C76H74N12O4. The molecule has 6 aromatic carbocycles. The lowest BCUT2D eigenvalue weighted by Crippen LogP contribution is -2.36. The Morgan fingerprint density at radius 1 is 0.315 bits per heavy atom. The Balaban J connectivity index is 1.17. The summed E-state index contributed by atoms with van der Waals surface area (Å²) in [4.78, 5) is 86.7. The van der Waals surface area contributed by atoms with Gasteiger partial charge in [-0.05, 0) is 121 Å². The summed E-state index contributed by atoms with van der Waals surface area (Å²) in [5.41, 5.74) is 16.8. The van der Waals surface area contributed by atoms with Crippen LogP contribution in [0.3, 0.4) is 0 Å². The van der Waals surface area contributed by atoms with E-state index in [1.165, 1.54) is 0 Å². The van der Waals surface area contributed by atoms with Crippen molar-refractivity contribution in [2.75, 3.05) is 47.4 Å². The number of carbonyl (C=O) groups is 4. The molecule has 6 aliphatic rings. The van der Waals surface area contributed by atoms with Crippen LogP contribution in [0, 0.1) is 0 Å². The highest BCUT2D eigenvalue weighted by Gasteiger charge is 2.27. The number of carbonyl (C=O) groups excluding carboxylic acids is 4. The minimum atomic E-state index is -0.281. The number of hydrogen-bond acceptors (Lipinski definition) is 6. The summed E-state index contributed by atoms with van der Waals surface area (Å²) in [6.07, 6.45) is 10.9. The zero-order chi connectivity index (χ0) is 63.2. The van der Waals surface area contributed by atoms with Crippen molar-refractivity contribution in [2.24, 2.45) is 0 Å². The molecule has 9 heterocycles. The summed E-state index contributed by atoms with van der Waals surface area (Å²) in [5, 5.41) is 13.5. The number of anilines is 4. The Hall–Kier alpha value is -11.0. The molecule has 3 aromatic heterocycles. The van der Waals surface area contributed by atoms with E-state index in [-0.39, 0.29) is 24.1 Å². The van der Waals surface area contributed by atoms with Crippen LogP contribution in [0.25, 0.3) is 90.9 Å². The fraction of sp³-hybridized carbons (Fsp3) is 0.211. The number of para-hydroxylation sites is 4. The molecule has 0 saturated carbocycles. The van der Waals surface area contributed by atoms with Gasteiger partial charge in [-0.25, -0.2) is 29.1 Å². The number of aromatic nitrogens is 4. The summed E-state index contributed by atoms with van der Waals surface area (Å²) in [7, 11) is 0. The van der Waals surface area contributed by atoms with E-state index in [1.54, 1.807) is 0 Å². The topological polar surface area (TPSA) is 187 Å². The molecule has 92 heavy (non-hydrogen) atoms. The maximum absolute atomic E-state index is 15.1. The van der Waals surface area contributed by atoms with Crippen LogP contribution in [0.15, 0.2) is 170 Å². The van der Waals surface area contributed by atoms with Crippen LogP contribution < -0.4 is 21.3 Å². The van der Waals surface area contributed by atoms with Crippen molar-refractivity contribution >= 4 is 93.2 Å². The number of nitrogens with one attached hydrogen (secondary N) is 6. The third-order valence-corrected chi connectivity index (χ3v) is 17.1. The average Bonchev–Trinajstić information content (AvgIpc) is 1.63. The van der Waals surface area contributed by atoms with Crippen molar-refractivity contribution in [3.63, 3.8) is 0 Å². The van der Waals surface area contributed by atoms with Crippen LogP contribution in [0.1, 0.15) is 98.4 Å². The Morgan fingerprint density at radius 2 is 0.554 bits per heavy atom. The summed E-state index contributed by atoms with van der Waals surface area (Å²) in [6.45, 7) is 11.4. The standard InChI is InChI=1S/C76H74N12O4/c1-5-39-85-45-49-19-17-20-50(43-49)46-86(40-6-2)74(90)82-58-28-14-10-24-54(58)72-67-37-35-65(79-67)70-55-25-11-15-29-59(55)83-75(91)87(41-7-3)47-51-21-18-22-52(44-51)48-88(42-8-4)76(92)84-60-30-16-12-26-56(60)71(66-36-38-68(72)80-66)64-34-32-62(78-64)69(61-31-33-63(70)77-61)53-23-9-13-27-57(53)81-73(85)89/h9-38,43-44,77,80H,5-8,39-42,45-48H2,1-4H3,(H,81,89)(H,82,90)(H,83,91)(H,84,92). The first-order valence-corrected chi connectivity index (χ1v) is 32.0. The molecular weight excluding hydrogens is 1140 g/mol. The molecule has 16 heteroatoms. The highest BCUT2D eigenvalue weighted by Crippen LogP contribution is 2.43. The third-order valence-electron chi connectivity index (χ3n) is 17.1. The van der Waals surface area contributed by atoms with E-state index in [2.05, 4.69) is 71.1 Å². The maximum Gasteiger partial charge on any atom is 0.322 e. The fourth-order valence-electron chi connectivity index (χ4n) is 13.0. The van der Waals surface area contributed by atoms with Crippen molar-refractivity contribution in [1.29, 1.82) is 0 Å². The van der Waals surface area contributed by atoms with E-state index < -0.39 is 0 Å². The summed E-state index contributed by atoms with van der Waals surface area (Å²) >= 11 is 0. The van der Waals surface area contributed by atoms with Gasteiger partial charge in [0.2, 0.25) is 0 Å². The number of benzene rings is 6. The Labute approximate surface area is 535 Å². The van der Waals surface area contributed by atoms with Gasteiger partial charge in [-0.2, -0.15) is 0 Å². The second-order valence-electron chi connectivity index (χ2n) is 23.7. The van der Waals surface area contributed by atoms with E-state index in [1.807, 2.05) is 202 Å². The SMILES string of the molecule is CCCN1Cc2cccc(c2)CN(CCC)C(=O)Nc2ccccc2-c2c3nc(c4c5ccc([nH]5)c(c5nc(c(c6ccc2[nH]6)-c2ccccc2NC(=O)N(CCC)Cc2cccc(c2)CN(CCC)C(=O)Nc2ccccc2-4)C=C5)-c2ccccc2NC1=O)C=C3. The lowest BCUT2D eigenvalue weighted by molar-refractivity contribution is 0.207. The van der Waals surface area contributed by atoms with Crippen molar-refractivity contribution in [1.82, 2.24) is 39.5 Å². The Morgan fingerprint density at radius 3 is 0.793 bits per heavy atom. The van der Waals surface area contributed by atoms with Crippen molar-refractivity contribution in [3.05, 3.63) is 215 Å². The van der Waals surface area contributed by atoms with Crippen molar-refractivity contribution in [2.45, 2.75) is 79.6 Å². The first kappa shape index (κ1) is 59.9. The molecule has 0 saturated heterocycles. The van der Waals surface area contributed by atoms with Crippen LogP contribution in [-0.2, 0) is 26.2 Å². The van der Waals surface area contributed by atoms with Crippen molar-refractivity contribution in [3.8, 4) is 44.5 Å². The normalized spacial score (nSPS) is 14.3. The predicted octanol–water partition coefficient (Wildman–Crippen LogP) is 17.7. The monoisotopic (exact) mass is 1220 g/mol. The van der Waals surface area contributed by atoms with Gasteiger partial charge in [-0.15, -0.1) is 0 Å². The second-order valence-corrected chi connectivity index (χ2v) is 23.7. The zero-order valence-corrected chi connectivity index (χ0v) is 52.3. The summed E-state index contributed by atoms with van der Waals surface area (Å²) < 4.78 is 0. The molecule has 0 spiro atoms. The van der Waals surface area contributed by atoms with Gasteiger partial charge in [0.25, 0.3) is 0 Å². The lowest BCUT2D eigenvalue weighted by atomic mass is 10.0. The molecule has 6 N–H and O–H groups in total. The molecule has 16 nitrogen and oxygen atoms in total. The molecule has 6 aliphatic heterocycles. The number of hydrogen-bond donors (Lipinski definition) is 6. The zero-order valence-electron chi connectivity index (χ0n) is 52.3. The number of aromatic amines is 2. The molecule has 462 valence electrons. The maximum atomic E-state index is 15.1.